The van der Waals surface area contributed by atoms with Crippen LogP contribution in [0, 0.1) is 32.6 Å². The van der Waals surface area contributed by atoms with Gasteiger partial charge in [0, 0.05) is 6.04 Å². The molecule has 4 rings (SSSR count). The molecule has 2 aromatic rings. The Labute approximate surface area is 179 Å². The molecule has 0 saturated heterocycles. The lowest BCUT2D eigenvalue weighted by Gasteiger charge is -2.28. The Balaban J connectivity index is 1.64. The standard InChI is InChI=1S/C24H30N2O3S/c1-16-5-10-21(11-6-16)30(28,29)26(23-12-17(2)4-7-18(23)3)15-24(27)25-22-14-19-8-9-20(22)13-19/h4-7,10-12,19-20,22H,8-9,13-15H2,1-3H3,(H,25,27)/t19-,20-,22+/m0/s1. The van der Waals surface area contributed by atoms with E-state index in [2.05, 4.69) is 5.32 Å². The molecule has 2 aromatic carbocycles. The number of fused-ring (bicyclic) bond motifs is 2. The number of anilines is 1. The van der Waals surface area contributed by atoms with Gasteiger partial charge in [-0.1, -0.05) is 36.2 Å². The van der Waals surface area contributed by atoms with Crippen LogP contribution in [0.3, 0.4) is 0 Å². The number of amides is 1. The maximum atomic E-state index is 13.6. The van der Waals surface area contributed by atoms with Gasteiger partial charge in [-0.15, -0.1) is 0 Å². The minimum atomic E-state index is -3.88. The van der Waals surface area contributed by atoms with Gasteiger partial charge in [-0.2, -0.15) is 0 Å². The Morgan fingerprint density at radius 3 is 2.33 bits per heavy atom. The first-order valence-electron chi connectivity index (χ1n) is 10.7. The molecule has 0 unspecified atom stereocenters. The molecule has 0 spiro atoms. The molecule has 0 heterocycles. The summed E-state index contributed by atoms with van der Waals surface area (Å²) in [6.07, 6.45) is 4.63. The molecule has 0 aliphatic heterocycles. The zero-order valence-corrected chi connectivity index (χ0v) is 18.7. The fraction of sp³-hybridized carbons (Fsp3) is 0.458. The number of nitrogens with one attached hydrogen (secondary N) is 1. The number of hydrogen-bond acceptors (Lipinski definition) is 3. The molecular weight excluding hydrogens is 396 g/mol. The minimum Gasteiger partial charge on any atom is -0.352 e. The molecule has 2 fully saturated rings. The number of aryl methyl sites for hydroxylation is 3. The number of sulfonamides is 1. The summed E-state index contributed by atoms with van der Waals surface area (Å²) in [6, 6.07) is 12.6. The van der Waals surface area contributed by atoms with Crippen molar-refractivity contribution in [1.82, 2.24) is 5.32 Å². The van der Waals surface area contributed by atoms with E-state index >= 15 is 0 Å². The second-order valence-corrected chi connectivity index (χ2v) is 10.8. The average Bonchev–Trinajstić information content (AvgIpc) is 3.31. The van der Waals surface area contributed by atoms with Gasteiger partial charge in [-0.05, 0) is 81.2 Å². The Morgan fingerprint density at radius 2 is 1.70 bits per heavy atom. The normalized spacial score (nSPS) is 22.8. The second-order valence-electron chi connectivity index (χ2n) is 8.96. The van der Waals surface area contributed by atoms with Gasteiger partial charge in [-0.3, -0.25) is 9.10 Å². The molecule has 0 aromatic heterocycles. The lowest BCUT2D eigenvalue weighted by molar-refractivity contribution is -0.120. The van der Waals surface area contributed by atoms with Crippen molar-refractivity contribution in [2.45, 2.75) is 57.4 Å². The second kappa shape index (κ2) is 8.06. The van der Waals surface area contributed by atoms with Gasteiger partial charge in [0.1, 0.15) is 6.54 Å². The minimum absolute atomic E-state index is 0.179. The Morgan fingerprint density at radius 1 is 1.00 bits per heavy atom. The van der Waals surface area contributed by atoms with E-state index in [-0.39, 0.29) is 23.4 Å². The third-order valence-corrected chi connectivity index (χ3v) is 8.39. The molecule has 2 bridgehead atoms. The SMILES string of the molecule is Cc1ccc(S(=O)(=O)N(CC(=O)N[C@@H]2C[C@H]3CC[C@H]2C3)c2cc(C)ccc2C)cc1. The Hall–Kier alpha value is -2.34. The van der Waals surface area contributed by atoms with Crippen molar-refractivity contribution in [3.63, 3.8) is 0 Å². The highest BCUT2D eigenvalue weighted by Gasteiger charge is 2.40. The summed E-state index contributed by atoms with van der Waals surface area (Å²) in [5, 5.41) is 3.13. The quantitative estimate of drug-likeness (QED) is 0.756. The highest BCUT2D eigenvalue weighted by atomic mass is 32.2. The van der Waals surface area contributed by atoms with E-state index in [0.29, 0.717) is 17.5 Å². The molecule has 30 heavy (non-hydrogen) atoms. The summed E-state index contributed by atoms with van der Waals surface area (Å²) < 4.78 is 28.4. The third kappa shape index (κ3) is 4.10. The van der Waals surface area contributed by atoms with Crippen molar-refractivity contribution in [2.24, 2.45) is 11.8 Å². The molecule has 6 heteroatoms. The number of nitrogens with zero attached hydrogens (tertiary/aromatic N) is 1. The van der Waals surface area contributed by atoms with Crippen LogP contribution >= 0.6 is 0 Å². The van der Waals surface area contributed by atoms with Crippen molar-refractivity contribution < 1.29 is 13.2 Å². The monoisotopic (exact) mass is 426 g/mol. The van der Waals surface area contributed by atoms with E-state index in [4.69, 9.17) is 0 Å². The summed E-state index contributed by atoms with van der Waals surface area (Å²) in [7, 11) is -3.88. The number of benzene rings is 2. The van der Waals surface area contributed by atoms with Crippen LogP contribution in [0.15, 0.2) is 47.4 Å². The zero-order chi connectivity index (χ0) is 21.5. The number of rotatable bonds is 6. The summed E-state index contributed by atoms with van der Waals surface area (Å²) in [4.78, 5) is 13.2. The highest BCUT2D eigenvalue weighted by molar-refractivity contribution is 7.92. The van der Waals surface area contributed by atoms with E-state index in [9.17, 15) is 13.2 Å². The van der Waals surface area contributed by atoms with Gasteiger partial charge in [0.15, 0.2) is 0 Å². The predicted molar refractivity (Wildman–Crippen MR) is 119 cm³/mol. The van der Waals surface area contributed by atoms with Crippen molar-refractivity contribution >= 4 is 21.6 Å². The topological polar surface area (TPSA) is 66.5 Å². The molecule has 1 amide bonds. The third-order valence-electron chi connectivity index (χ3n) is 6.61. The number of hydrogen-bond donors (Lipinski definition) is 1. The van der Waals surface area contributed by atoms with Crippen LogP contribution in [0.25, 0.3) is 0 Å². The van der Waals surface area contributed by atoms with Crippen molar-refractivity contribution in [3.8, 4) is 0 Å². The van der Waals surface area contributed by atoms with E-state index in [1.165, 1.54) is 17.1 Å². The van der Waals surface area contributed by atoms with Crippen molar-refractivity contribution in [3.05, 3.63) is 59.2 Å². The average molecular weight is 427 g/mol. The van der Waals surface area contributed by atoms with Crippen LogP contribution in [0.2, 0.25) is 0 Å². The summed E-state index contributed by atoms with van der Waals surface area (Å²) in [6.45, 7) is 5.51. The summed E-state index contributed by atoms with van der Waals surface area (Å²) in [5.74, 6) is 1.03. The van der Waals surface area contributed by atoms with Gasteiger partial charge in [0.25, 0.3) is 10.0 Å². The lowest BCUT2D eigenvalue weighted by atomic mass is 9.95. The number of carbonyl (C=O) groups excluding carboxylic acids is 1. The number of carbonyl (C=O) groups is 1. The maximum absolute atomic E-state index is 13.6. The Kier molecular flexibility index (Phi) is 5.62. The van der Waals surface area contributed by atoms with E-state index < -0.39 is 10.0 Å². The van der Waals surface area contributed by atoms with Crippen LogP contribution in [0.1, 0.15) is 42.4 Å². The van der Waals surface area contributed by atoms with E-state index in [0.717, 1.165) is 29.5 Å². The highest BCUT2D eigenvalue weighted by Crippen LogP contribution is 2.44. The van der Waals surface area contributed by atoms with Crippen LogP contribution in [-0.4, -0.2) is 26.9 Å². The fourth-order valence-electron chi connectivity index (χ4n) is 4.93. The molecular formula is C24H30N2O3S. The Bertz CT molecular complexity index is 1050. The van der Waals surface area contributed by atoms with Gasteiger partial charge in [0.2, 0.25) is 5.91 Å². The molecule has 2 saturated carbocycles. The van der Waals surface area contributed by atoms with Crippen LogP contribution < -0.4 is 9.62 Å². The van der Waals surface area contributed by atoms with Crippen molar-refractivity contribution in [1.29, 1.82) is 0 Å². The molecule has 1 N–H and O–H groups in total. The van der Waals surface area contributed by atoms with Crippen molar-refractivity contribution in [2.75, 3.05) is 10.8 Å². The van der Waals surface area contributed by atoms with Crippen LogP contribution in [-0.2, 0) is 14.8 Å². The molecule has 0 radical (unpaired) electrons. The van der Waals surface area contributed by atoms with E-state index in [1.807, 2.05) is 39.0 Å². The molecule has 5 nitrogen and oxygen atoms in total. The first kappa shape index (κ1) is 20.9. The first-order valence-corrected chi connectivity index (χ1v) is 12.1. The maximum Gasteiger partial charge on any atom is 0.264 e. The predicted octanol–water partition coefficient (Wildman–Crippen LogP) is 4.11. The molecule has 160 valence electrons. The van der Waals surface area contributed by atoms with Crippen LogP contribution in [0.4, 0.5) is 5.69 Å². The largest absolute Gasteiger partial charge is 0.352 e. The summed E-state index contributed by atoms with van der Waals surface area (Å²) in [5.41, 5.74) is 3.32. The van der Waals surface area contributed by atoms with E-state index in [1.54, 1.807) is 24.3 Å². The molecule has 2 aliphatic carbocycles. The van der Waals surface area contributed by atoms with Gasteiger partial charge in [0.05, 0.1) is 10.6 Å². The van der Waals surface area contributed by atoms with Gasteiger partial charge < -0.3 is 5.32 Å². The molecule has 2 aliphatic rings. The smallest absolute Gasteiger partial charge is 0.264 e. The van der Waals surface area contributed by atoms with Gasteiger partial charge in [-0.25, -0.2) is 8.42 Å². The first-order chi connectivity index (χ1) is 14.2. The fourth-order valence-corrected chi connectivity index (χ4v) is 6.41. The van der Waals surface area contributed by atoms with Gasteiger partial charge >= 0.3 is 0 Å². The summed E-state index contributed by atoms with van der Waals surface area (Å²) >= 11 is 0. The van der Waals surface area contributed by atoms with Crippen LogP contribution in [0.5, 0.6) is 0 Å². The zero-order valence-electron chi connectivity index (χ0n) is 17.9. The molecule has 3 atom stereocenters. The lowest BCUT2D eigenvalue weighted by Crippen LogP contribution is -2.46.